The molecule has 0 spiro atoms. The maximum Gasteiger partial charge on any atom is 0.0934 e. The van der Waals surface area contributed by atoms with Crippen molar-refractivity contribution in [3.05, 3.63) is 35.4 Å². The average molecular weight is 273 g/mol. The van der Waals surface area contributed by atoms with Crippen LogP contribution in [0.4, 0.5) is 0 Å². The molecule has 0 aromatic heterocycles. The number of rotatable bonds is 0. The van der Waals surface area contributed by atoms with Crippen LogP contribution in [0, 0.1) is 0 Å². The minimum absolute atomic E-state index is 0.132. The first-order valence-corrected chi connectivity index (χ1v) is 5.30. The Hall–Kier alpha value is -0.0900. The van der Waals surface area contributed by atoms with Crippen LogP contribution in [0.5, 0.6) is 0 Å². The van der Waals surface area contributed by atoms with Gasteiger partial charge < -0.3 is 0 Å². The molecule has 2 heteroatoms. The molecule has 1 nitrogen and oxygen atoms in total. The molecule has 0 fully saturated rings. The number of alkyl halides is 1. The highest BCUT2D eigenvalue weighted by molar-refractivity contribution is 14.1. The maximum atomic E-state index is 3.50. The molecule has 0 saturated heterocycles. The first-order chi connectivity index (χ1) is 5.70. The molecule has 1 aliphatic heterocycles. The number of hydrogen-bond acceptors (Lipinski definition) is 1. The highest BCUT2D eigenvalue weighted by Gasteiger charge is 2.27. The van der Waals surface area contributed by atoms with Crippen molar-refractivity contribution in [2.24, 2.45) is 0 Å². The molecule has 1 aromatic carbocycles. The van der Waals surface area contributed by atoms with Gasteiger partial charge in [-0.2, -0.15) is 0 Å². The molecule has 0 radical (unpaired) electrons. The monoisotopic (exact) mass is 273 g/mol. The van der Waals surface area contributed by atoms with Gasteiger partial charge in [0.05, 0.1) is 3.55 Å². The van der Waals surface area contributed by atoms with Gasteiger partial charge in [0.2, 0.25) is 0 Å². The Morgan fingerprint density at radius 2 is 2.17 bits per heavy atom. The van der Waals surface area contributed by atoms with Crippen LogP contribution in [0.15, 0.2) is 24.3 Å². The Morgan fingerprint density at radius 3 is 2.92 bits per heavy atom. The molecule has 1 N–H and O–H groups in total. The van der Waals surface area contributed by atoms with E-state index in [1.165, 1.54) is 11.1 Å². The minimum atomic E-state index is 0.132. The van der Waals surface area contributed by atoms with Crippen molar-refractivity contribution < 1.29 is 0 Å². The molecule has 0 saturated carbocycles. The number of benzene rings is 1. The molecule has 1 heterocycles. The lowest BCUT2D eigenvalue weighted by atomic mass is 9.95. The zero-order valence-corrected chi connectivity index (χ0v) is 9.26. The predicted octanol–water partition coefficient (Wildman–Crippen LogP) is 2.44. The average Bonchev–Trinajstić information content (AvgIpc) is 2.04. The summed E-state index contributed by atoms with van der Waals surface area (Å²) in [6.45, 7) is 3.32. The van der Waals surface area contributed by atoms with E-state index >= 15 is 0 Å². The molecular formula is C10H12IN. The van der Waals surface area contributed by atoms with Crippen LogP contribution in [-0.2, 0) is 9.97 Å². The number of nitrogens with one attached hydrogen (secondary N) is 1. The first kappa shape index (κ1) is 8.51. The molecular weight excluding hydrogens is 261 g/mol. The van der Waals surface area contributed by atoms with E-state index in [4.69, 9.17) is 0 Å². The summed E-state index contributed by atoms with van der Waals surface area (Å²) in [5, 5.41) is 3.50. The van der Waals surface area contributed by atoms with Gasteiger partial charge in [-0.3, -0.25) is 5.32 Å². The topological polar surface area (TPSA) is 12.0 Å². The quantitative estimate of drug-likeness (QED) is 0.435. The van der Waals surface area contributed by atoms with Crippen molar-refractivity contribution in [3.8, 4) is 0 Å². The van der Waals surface area contributed by atoms with Gasteiger partial charge in [0, 0.05) is 6.54 Å². The summed E-state index contributed by atoms with van der Waals surface area (Å²) in [4.78, 5) is 0. The third kappa shape index (κ3) is 1.38. The summed E-state index contributed by atoms with van der Waals surface area (Å²) in [6.07, 6.45) is 1.16. The van der Waals surface area contributed by atoms with Gasteiger partial charge in [0.1, 0.15) is 0 Å². The van der Waals surface area contributed by atoms with Crippen LogP contribution in [0.2, 0.25) is 0 Å². The lowest BCUT2D eigenvalue weighted by Crippen LogP contribution is -2.39. The fraction of sp³-hybridized carbons (Fsp3) is 0.400. The lowest BCUT2D eigenvalue weighted by molar-refractivity contribution is 0.518. The second kappa shape index (κ2) is 3.00. The van der Waals surface area contributed by atoms with Crippen LogP contribution in [0.3, 0.4) is 0 Å². The van der Waals surface area contributed by atoms with Gasteiger partial charge >= 0.3 is 0 Å². The van der Waals surface area contributed by atoms with Gasteiger partial charge in [-0.1, -0.05) is 46.9 Å². The minimum Gasteiger partial charge on any atom is -0.299 e. The van der Waals surface area contributed by atoms with E-state index in [-0.39, 0.29) is 3.55 Å². The van der Waals surface area contributed by atoms with Crippen LogP contribution < -0.4 is 5.32 Å². The standard InChI is InChI=1S/C10H12IN/c1-10(11)9-5-3-2-4-8(9)6-7-12-10/h2-5,12H,6-7H2,1H3. The Morgan fingerprint density at radius 1 is 1.42 bits per heavy atom. The van der Waals surface area contributed by atoms with Gasteiger partial charge in [0.15, 0.2) is 0 Å². The molecule has 2 rings (SSSR count). The Bertz CT molecular complexity index is 294. The van der Waals surface area contributed by atoms with Gasteiger partial charge in [-0.25, -0.2) is 0 Å². The first-order valence-electron chi connectivity index (χ1n) is 4.22. The molecule has 0 aliphatic carbocycles. The normalized spacial score (nSPS) is 28.2. The van der Waals surface area contributed by atoms with Gasteiger partial charge in [-0.05, 0) is 24.5 Å². The molecule has 64 valence electrons. The molecule has 1 atom stereocenters. The number of hydrogen-bond donors (Lipinski definition) is 1. The summed E-state index contributed by atoms with van der Waals surface area (Å²) >= 11 is 2.47. The van der Waals surface area contributed by atoms with Crippen LogP contribution in [-0.4, -0.2) is 6.54 Å². The molecule has 12 heavy (non-hydrogen) atoms. The van der Waals surface area contributed by atoms with E-state index in [9.17, 15) is 0 Å². The lowest BCUT2D eigenvalue weighted by Gasteiger charge is -2.31. The number of fused-ring (bicyclic) bond motifs is 1. The van der Waals surface area contributed by atoms with Gasteiger partial charge in [-0.15, -0.1) is 0 Å². The van der Waals surface area contributed by atoms with E-state index < -0.39 is 0 Å². The SMILES string of the molecule is CC1(I)NCCc2ccccc21. The van der Waals surface area contributed by atoms with Crippen LogP contribution >= 0.6 is 22.6 Å². The predicted molar refractivity (Wildman–Crippen MR) is 59.5 cm³/mol. The molecule has 1 aromatic rings. The van der Waals surface area contributed by atoms with E-state index in [0.717, 1.165) is 13.0 Å². The Labute approximate surface area is 86.7 Å². The Balaban J connectivity index is 2.52. The summed E-state index contributed by atoms with van der Waals surface area (Å²) in [7, 11) is 0. The van der Waals surface area contributed by atoms with E-state index in [1.807, 2.05) is 0 Å². The molecule has 1 unspecified atom stereocenters. The van der Waals surface area contributed by atoms with E-state index in [1.54, 1.807) is 0 Å². The van der Waals surface area contributed by atoms with Crippen LogP contribution in [0.25, 0.3) is 0 Å². The van der Waals surface area contributed by atoms with Crippen LogP contribution in [0.1, 0.15) is 18.1 Å². The third-order valence-corrected chi connectivity index (χ3v) is 3.34. The Kier molecular flexibility index (Phi) is 2.12. The summed E-state index contributed by atoms with van der Waals surface area (Å²) < 4.78 is 0.132. The zero-order valence-electron chi connectivity index (χ0n) is 7.10. The van der Waals surface area contributed by atoms with Crippen molar-refractivity contribution in [1.82, 2.24) is 5.32 Å². The smallest absolute Gasteiger partial charge is 0.0934 e. The van der Waals surface area contributed by atoms with Crippen molar-refractivity contribution >= 4 is 22.6 Å². The van der Waals surface area contributed by atoms with Crippen molar-refractivity contribution in [1.29, 1.82) is 0 Å². The second-order valence-corrected chi connectivity index (χ2v) is 5.49. The van der Waals surface area contributed by atoms with Crippen molar-refractivity contribution in [2.45, 2.75) is 16.9 Å². The second-order valence-electron chi connectivity index (χ2n) is 3.34. The van der Waals surface area contributed by atoms with Gasteiger partial charge in [0.25, 0.3) is 0 Å². The van der Waals surface area contributed by atoms with E-state index in [0.29, 0.717) is 0 Å². The highest BCUT2D eigenvalue weighted by atomic mass is 127. The summed E-state index contributed by atoms with van der Waals surface area (Å²) in [6, 6.07) is 8.68. The molecule has 1 aliphatic rings. The largest absolute Gasteiger partial charge is 0.299 e. The summed E-state index contributed by atoms with van der Waals surface area (Å²) in [5.74, 6) is 0. The zero-order chi connectivity index (χ0) is 8.60. The number of halogens is 1. The fourth-order valence-electron chi connectivity index (χ4n) is 1.72. The van der Waals surface area contributed by atoms with Crippen molar-refractivity contribution in [3.63, 3.8) is 0 Å². The molecule has 0 bridgehead atoms. The van der Waals surface area contributed by atoms with Crippen molar-refractivity contribution in [2.75, 3.05) is 6.54 Å². The summed E-state index contributed by atoms with van der Waals surface area (Å²) in [5.41, 5.74) is 2.94. The highest BCUT2D eigenvalue weighted by Crippen LogP contribution is 2.33. The third-order valence-electron chi connectivity index (χ3n) is 2.37. The fourth-order valence-corrected chi connectivity index (χ4v) is 2.52. The maximum absolute atomic E-state index is 3.50. The van der Waals surface area contributed by atoms with E-state index in [2.05, 4.69) is 59.1 Å². The molecule has 0 amide bonds.